The van der Waals surface area contributed by atoms with Gasteiger partial charge in [0, 0.05) is 17.1 Å². The van der Waals surface area contributed by atoms with Gasteiger partial charge in [-0.15, -0.1) is 0 Å². The van der Waals surface area contributed by atoms with Gasteiger partial charge in [0.15, 0.2) is 0 Å². The molecule has 0 aliphatic carbocycles. The number of rotatable bonds is 8. The molecular formula is C18H19Cl2NO3. The molecule has 0 saturated carbocycles. The Morgan fingerprint density at radius 2 is 1.83 bits per heavy atom. The van der Waals surface area contributed by atoms with E-state index in [0.29, 0.717) is 41.9 Å². The zero-order valence-electron chi connectivity index (χ0n) is 13.4. The summed E-state index contributed by atoms with van der Waals surface area (Å²) in [5, 5.41) is 3.85. The lowest BCUT2D eigenvalue weighted by molar-refractivity contribution is -0.116. The maximum Gasteiger partial charge on any atom is 0.224 e. The number of amides is 1. The fourth-order valence-corrected chi connectivity index (χ4v) is 2.49. The number of anilines is 1. The molecule has 1 N–H and O–H groups in total. The van der Waals surface area contributed by atoms with Crippen molar-refractivity contribution in [3.63, 3.8) is 0 Å². The maximum absolute atomic E-state index is 11.9. The SMILES string of the molecule is CCOc1ccc(NC(=O)CCCOc2ccc(Cl)cc2Cl)cc1. The highest BCUT2D eigenvalue weighted by molar-refractivity contribution is 6.35. The summed E-state index contributed by atoms with van der Waals surface area (Å²) in [4.78, 5) is 11.9. The van der Waals surface area contributed by atoms with Gasteiger partial charge in [-0.05, 0) is 55.8 Å². The van der Waals surface area contributed by atoms with Crippen molar-refractivity contribution >= 4 is 34.8 Å². The number of carbonyl (C=O) groups excluding carboxylic acids is 1. The number of halogens is 2. The highest BCUT2D eigenvalue weighted by atomic mass is 35.5. The summed E-state index contributed by atoms with van der Waals surface area (Å²) in [5.74, 6) is 1.28. The van der Waals surface area contributed by atoms with Gasteiger partial charge >= 0.3 is 0 Å². The molecule has 4 nitrogen and oxygen atoms in total. The topological polar surface area (TPSA) is 47.6 Å². The van der Waals surface area contributed by atoms with Crippen LogP contribution in [0.5, 0.6) is 11.5 Å². The van der Waals surface area contributed by atoms with Crippen LogP contribution in [0.1, 0.15) is 19.8 Å². The summed E-state index contributed by atoms with van der Waals surface area (Å²) in [7, 11) is 0. The van der Waals surface area contributed by atoms with Gasteiger partial charge in [-0.3, -0.25) is 4.79 Å². The second kappa shape index (κ2) is 9.40. The zero-order chi connectivity index (χ0) is 17.4. The summed E-state index contributed by atoms with van der Waals surface area (Å²) >= 11 is 11.8. The Balaban J connectivity index is 1.71. The molecule has 0 atom stereocenters. The van der Waals surface area contributed by atoms with E-state index in [4.69, 9.17) is 32.7 Å². The fraction of sp³-hybridized carbons (Fsp3) is 0.278. The van der Waals surface area contributed by atoms with Gasteiger partial charge in [-0.2, -0.15) is 0 Å². The average Bonchev–Trinajstić information content (AvgIpc) is 2.55. The van der Waals surface area contributed by atoms with E-state index in [1.165, 1.54) is 0 Å². The Hall–Kier alpha value is -1.91. The third-order valence-electron chi connectivity index (χ3n) is 3.15. The first-order chi connectivity index (χ1) is 11.6. The third-order valence-corrected chi connectivity index (χ3v) is 3.68. The molecule has 0 bridgehead atoms. The first-order valence-corrected chi connectivity index (χ1v) is 8.44. The Labute approximate surface area is 151 Å². The van der Waals surface area contributed by atoms with Crippen molar-refractivity contribution < 1.29 is 14.3 Å². The monoisotopic (exact) mass is 367 g/mol. The largest absolute Gasteiger partial charge is 0.494 e. The average molecular weight is 368 g/mol. The lowest BCUT2D eigenvalue weighted by Crippen LogP contribution is -2.12. The first kappa shape index (κ1) is 18.4. The van der Waals surface area contributed by atoms with Crippen LogP contribution in [0.15, 0.2) is 42.5 Å². The Morgan fingerprint density at radius 3 is 2.50 bits per heavy atom. The van der Waals surface area contributed by atoms with E-state index in [1.54, 1.807) is 18.2 Å². The van der Waals surface area contributed by atoms with E-state index in [2.05, 4.69) is 5.32 Å². The van der Waals surface area contributed by atoms with Gasteiger partial charge in [-0.1, -0.05) is 23.2 Å². The molecule has 0 aliphatic rings. The fourth-order valence-electron chi connectivity index (χ4n) is 2.03. The minimum atomic E-state index is -0.0648. The molecule has 0 heterocycles. The third kappa shape index (κ3) is 5.95. The van der Waals surface area contributed by atoms with Crippen LogP contribution < -0.4 is 14.8 Å². The van der Waals surface area contributed by atoms with Crippen molar-refractivity contribution in [2.75, 3.05) is 18.5 Å². The molecule has 1 amide bonds. The van der Waals surface area contributed by atoms with Crippen LogP contribution in [0.25, 0.3) is 0 Å². The van der Waals surface area contributed by atoms with Crippen molar-refractivity contribution in [1.82, 2.24) is 0 Å². The van der Waals surface area contributed by atoms with Crippen LogP contribution >= 0.6 is 23.2 Å². The Morgan fingerprint density at radius 1 is 1.08 bits per heavy atom. The molecular weight excluding hydrogens is 349 g/mol. The maximum atomic E-state index is 11.9. The predicted octanol–water partition coefficient (Wildman–Crippen LogP) is 5.19. The minimum Gasteiger partial charge on any atom is -0.494 e. The van der Waals surface area contributed by atoms with Gasteiger partial charge < -0.3 is 14.8 Å². The van der Waals surface area contributed by atoms with Crippen LogP contribution in [0.3, 0.4) is 0 Å². The van der Waals surface area contributed by atoms with Gasteiger partial charge in [0.1, 0.15) is 11.5 Å². The highest BCUT2D eigenvalue weighted by Gasteiger charge is 2.05. The van der Waals surface area contributed by atoms with Gasteiger partial charge in [0.05, 0.1) is 18.2 Å². The number of ether oxygens (including phenoxy) is 2. The molecule has 24 heavy (non-hydrogen) atoms. The molecule has 2 rings (SSSR count). The van der Waals surface area contributed by atoms with Gasteiger partial charge in [0.25, 0.3) is 0 Å². The van der Waals surface area contributed by atoms with E-state index < -0.39 is 0 Å². The number of benzene rings is 2. The van der Waals surface area contributed by atoms with E-state index in [9.17, 15) is 4.79 Å². The van der Waals surface area contributed by atoms with Crippen LogP contribution in [0.4, 0.5) is 5.69 Å². The zero-order valence-corrected chi connectivity index (χ0v) is 14.9. The number of nitrogens with one attached hydrogen (secondary N) is 1. The minimum absolute atomic E-state index is 0.0648. The molecule has 0 spiro atoms. The Bertz CT molecular complexity index is 674. The van der Waals surface area contributed by atoms with E-state index in [-0.39, 0.29) is 5.91 Å². The van der Waals surface area contributed by atoms with Crippen molar-refractivity contribution in [1.29, 1.82) is 0 Å². The van der Waals surface area contributed by atoms with Crippen LogP contribution in [0.2, 0.25) is 10.0 Å². The summed E-state index contributed by atoms with van der Waals surface area (Å²) in [6.45, 7) is 2.94. The molecule has 6 heteroatoms. The van der Waals surface area contributed by atoms with Crippen molar-refractivity contribution in [3.8, 4) is 11.5 Å². The second-order valence-electron chi connectivity index (χ2n) is 5.03. The van der Waals surface area contributed by atoms with Crippen molar-refractivity contribution in [2.24, 2.45) is 0 Å². The number of hydrogen-bond donors (Lipinski definition) is 1. The molecule has 128 valence electrons. The molecule has 0 unspecified atom stereocenters. The molecule has 2 aromatic rings. The smallest absolute Gasteiger partial charge is 0.224 e. The summed E-state index contributed by atoms with van der Waals surface area (Å²) in [6.07, 6.45) is 0.945. The van der Waals surface area contributed by atoms with Crippen LogP contribution in [-0.2, 0) is 4.79 Å². The molecule has 0 radical (unpaired) electrons. The lowest BCUT2D eigenvalue weighted by Gasteiger charge is -2.09. The molecule has 0 fully saturated rings. The Kier molecular flexibility index (Phi) is 7.22. The summed E-state index contributed by atoms with van der Waals surface area (Å²) in [5.41, 5.74) is 0.741. The summed E-state index contributed by atoms with van der Waals surface area (Å²) < 4.78 is 10.9. The molecule has 0 saturated heterocycles. The molecule has 0 aliphatic heterocycles. The first-order valence-electron chi connectivity index (χ1n) is 7.69. The van der Waals surface area contributed by atoms with E-state index in [0.717, 1.165) is 11.4 Å². The van der Waals surface area contributed by atoms with E-state index in [1.807, 2.05) is 31.2 Å². The second-order valence-corrected chi connectivity index (χ2v) is 5.88. The number of hydrogen-bond acceptors (Lipinski definition) is 3. The normalized spacial score (nSPS) is 10.3. The molecule has 0 aromatic heterocycles. The van der Waals surface area contributed by atoms with Gasteiger partial charge in [0.2, 0.25) is 5.91 Å². The quantitative estimate of drug-likeness (QED) is 0.653. The van der Waals surface area contributed by atoms with Crippen LogP contribution in [0, 0.1) is 0 Å². The highest BCUT2D eigenvalue weighted by Crippen LogP contribution is 2.27. The lowest BCUT2D eigenvalue weighted by atomic mass is 10.2. The van der Waals surface area contributed by atoms with Gasteiger partial charge in [-0.25, -0.2) is 0 Å². The van der Waals surface area contributed by atoms with Crippen molar-refractivity contribution in [3.05, 3.63) is 52.5 Å². The van der Waals surface area contributed by atoms with Crippen LogP contribution in [-0.4, -0.2) is 19.1 Å². The van der Waals surface area contributed by atoms with Crippen molar-refractivity contribution in [2.45, 2.75) is 19.8 Å². The number of carbonyl (C=O) groups is 1. The molecule has 2 aromatic carbocycles. The predicted molar refractivity (Wildman–Crippen MR) is 97.4 cm³/mol. The van der Waals surface area contributed by atoms with E-state index >= 15 is 0 Å². The summed E-state index contributed by atoms with van der Waals surface area (Å²) in [6, 6.07) is 12.3. The standard InChI is InChI=1S/C18H19Cl2NO3/c1-2-23-15-8-6-14(7-9-15)21-18(22)4-3-11-24-17-10-5-13(19)12-16(17)20/h5-10,12H,2-4,11H2,1H3,(H,21,22).